The van der Waals surface area contributed by atoms with Crippen molar-refractivity contribution in [2.24, 2.45) is 5.92 Å². The maximum atomic E-state index is 12.2. The van der Waals surface area contributed by atoms with Gasteiger partial charge in [-0.2, -0.15) is 0 Å². The number of benzene rings is 1. The second-order valence-electron chi connectivity index (χ2n) is 5.18. The number of hydrogen-bond donors (Lipinski definition) is 1. The minimum Gasteiger partial charge on any atom is -0.326 e. The van der Waals surface area contributed by atoms with Crippen LogP contribution in [0.2, 0.25) is 0 Å². The zero-order chi connectivity index (χ0) is 14.0. The third kappa shape index (κ3) is 3.35. The van der Waals surface area contributed by atoms with E-state index < -0.39 is 0 Å². The lowest BCUT2D eigenvalue weighted by Gasteiger charge is -2.14. The third-order valence-electron chi connectivity index (χ3n) is 3.07. The van der Waals surface area contributed by atoms with Gasteiger partial charge in [0.15, 0.2) is 0 Å². The largest absolute Gasteiger partial charge is 0.326 e. The Morgan fingerprint density at radius 1 is 1.26 bits per heavy atom. The van der Waals surface area contributed by atoms with Gasteiger partial charge in [0, 0.05) is 4.47 Å². The zero-order valence-electron chi connectivity index (χ0n) is 11.0. The Morgan fingerprint density at radius 2 is 1.89 bits per heavy atom. The van der Waals surface area contributed by atoms with Crippen LogP contribution in [-0.2, 0) is 11.3 Å². The standard InChI is InChI=1S/C14H17BrN2O2/c1-9(2)7-12-13(18)17(14(19)16-12)8-10-3-5-11(15)6-4-10/h3-6,9,12H,7-8H2,1-2H3,(H,16,19). The van der Waals surface area contributed by atoms with E-state index in [0.717, 1.165) is 10.0 Å². The van der Waals surface area contributed by atoms with Gasteiger partial charge >= 0.3 is 6.03 Å². The van der Waals surface area contributed by atoms with E-state index in [9.17, 15) is 9.59 Å². The predicted octanol–water partition coefficient (Wildman–Crippen LogP) is 2.92. The summed E-state index contributed by atoms with van der Waals surface area (Å²) in [7, 11) is 0. The van der Waals surface area contributed by atoms with Crippen LogP contribution in [0.3, 0.4) is 0 Å². The van der Waals surface area contributed by atoms with Crippen LogP contribution in [0.5, 0.6) is 0 Å². The maximum absolute atomic E-state index is 12.2. The van der Waals surface area contributed by atoms with Crippen molar-refractivity contribution in [3.05, 3.63) is 34.3 Å². The van der Waals surface area contributed by atoms with Crippen molar-refractivity contribution < 1.29 is 9.59 Å². The average molecular weight is 325 g/mol. The van der Waals surface area contributed by atoms with E-state index in [2.05, 4.69) is 21.2 Å². The molecule has 2 rings (SSSR count). The van der Waals surface area contributed by atoms with Gasteiger partial charge in [-0.05, 0) is 30.0 Å². The molecule has 1 aliphatic rings. The second kappa shape index (κ2) is 5.74. The first-order chi connectivity index (χ1) is 8.97. The normalized spacial score (nSPS) is 19.2. The number of hydrogen-bond acceptors (Lipinski definition) is 2. The minimum absolute atomic E-state index is 0.124. The topological polar surface area (TPSA) is 49.4 Å². The molecule has 1 saturated heterocycles. The first-order valence-corrected chi connectivity index (χ1v) is 7.13. The number of nitrogens with zero attached hydrogens (tertiary/aromatic N) is 1. The lowest BCUT2D eigenvalue weighted by atomic mass is 10.0. The van der Waals surface area contributed by atoms with Crippen LogP contribution >= 0.6 is 15.9 Å². The number of carbonyl (C=O) groups excluding carboxylic acids is 2. The first kappa shape index (κ1) is 14.1. The number of rotatable bonds is 4. The molecule has 1 aromatic carbocycles. The molecule has 0 bridgehead atoms. The van der Waals surface area contributed by atoms with Gasteiger partial charge in [-0.1, -0.05) is 41.9 Å². The third-order valence-corrected chi connectivity index (χ3v) is 3.60. The van der Waals surface area contributed by atoms with Crippen LogP contribution in [-0.4, -0.2) is 22.9 Å². The number of amides is 3. The first-order valence-electron chi connectivity index (χ1n) is 6.33. The molecule has 0 aromatic heterocycles. The lowest BCUT2D eigenvalue weighted by Crippen LogP contribution is -2.31. The summed E-state index contributed by atoms with van der Waals surface area (Å²) in [5.74, 6) is 0.253. The summed E-state index contributed by atoms with van der Waals surface area (Å²) in [6.07, 6.45) is 0.682. The molecule has 1 unspecified atom stereocenters. The summed E-state index contributed by atoms with van der Waals surface area (Å²) in [6, 6.07) is 6.95. The monoisotopic (exact) mass is 324 g/mol. The minimum atomic E-state index is -0.372. The molecule has 4 nitrogen and oxygen atoms in total. The Kier molecular flexibility index (Phi) is 4.24. The fourth-order valence-corrected chi connectivity index (χ4v) is 2.39. The van der Waals surface area contributed by atoms with E-state index in [4.69, 9.17) is 0 Å². The van der Waals surface area contributed by atoms with Gasteiger partial charge in [-0.15, -0.1) is 0 Å². The molecule has 1 aliphatic heterocycles. The molecule has 0 aliphatic carbocycles. The SMILES string of the molecule is CC(C)CC1NC(=O)N(Cc2ccc(Br)cc2)C1=O. The molecular weight excluding hydrogens is 308 g/mol. The molecule has 19 heavy (non-hydrogen) atoms. The van der Waals surface area contributed by atoms with E-state index in [1.165, 1.54) is 4.90 Å². The molecule has 3 amide bonds. The summed E-state index contributed by atoms with van der Waals surface area (Å²) in [5, 5.41) is 2.74. The van der Waals surface area contributed by atoms with Crippen LogP contribution < -0.4 is 5.32 Å². The molecule has 1 heterocycles. The summed E-state index contributed by atoms with van der Waals surface area (Å²) in [4.78, 5) is 25.3. The Bertz CT molecular complexity index is 485. The molecule has 5 heteroatoms. The van der Waals surface area contributed by atoms with Gasteiger partial charge in [-0.3, -0.25) is 9.69 Å². The predicted molar refractivity (Wildman–Crippen MR) is 76.5 cm³/mol. The molecule has 1 aromatic rings. The van der Waals surface area contributed by atoms with Crippen molar-refractivity contribution in [3.8, 4) is 0 Å². The number of halogens is 1. The van der Waals surface area contributed by atoms with Crippen LogP contribution in [0, 0.1) is 5.92 Å². The van der Waals surface area contributed by atoms with Crippen molar-refractivity contribution in [1.82, 2.24) is 10.2 Å². The lowest BCUT2D eigenvalue weighted by molar-refractivity contribution is -0.128. The Morgan fingerprint density at radius 3 is 2.47 bits per heavy atom. The Labute approximate surface area is 121 Å². The quantitative estimate of drug-likeness (QED) is 0.866. The number of nitrogens with one attached hydrogen (secondary N) is 1. The number of imide groups is 1. The highest BCUT2D eigenvalue weighted by molar-refractivity contribution is 9.10. The molecule has 0 radical (unpaired) electrons. The molecule has 1 N–H and O–H groups in total. The van der Waals surface area contributed by atoms with Crippen LogP contribution in [0.25, 0.3) is 0 Å². The van der Waals surface area contributed by atoms with Gasteiger partial charge in [0.05, 0.1) is 6.54 Å². The van der Waals surface area contributed by atoms with Gasteiger partial charge in [0.1, 0.15) is 6.04 Å². The molecule has 1 fully saturated rings. The highest BCUT2D eigenvalue weighted by atomic mass is 79.9. The van der Waals surface area contributed by atoms with Crippen molar-refractivity contribution >= 4 is 27.9 Å². The molecule has 1 atom stereocenters. The van der Waals surface area contributed by atoms with Crippen molar-refractivity contribution in [2.75, 3.05) is 0 Å². The van der Waals surface area contributed by atoms with Crippen molar-refractivity contribution in [2.45, 2.75) is 32.9 Å². The van der Waals surface area contributed by atoms with Gasteiger partial charge in [0.2, 0.25) is 0 Å². The van der Waals surface area contributed by atoms with E-state index in [1.807, 2.05) is 38.1 Å². The fourth-order valence-electron chi connectivity index (χ4n) is 2.13. The van der Waals surface area contributed by atoms with Gasteiger partial charge in [-0.25, -0.2) is 4.79 Å². The highest BCUT2D eigenvalue weighted by Crippen LogP contribution is 2.18. The van der Waals surface area contributed by atoms with Crippen LogP contribution in [0.15, 0.2) is 28.7 Å². The molecular formula is C14H17BrN2O2. The Balaban J connectivity index is 2.06. The van der Waals surface area contributed by atoms with Crippen molar-refractivity contribution in [3.63, 3.8) is 0 Å². The summed E-state index contributed by atoms with van der Waals surface area (Å²) < 4.78 is 0.978. The number of urea groups is 1. The molecule has 0 spiro atoms. The maximum Gasteiger partial charge on any atom is 0.325 e. The Hall–Kier alpha value is -1.36. The van der Waals surface area contributed by atoms with E-state index in [0.29, 0.717) is 18.9 Å². The van der Waals surface area contributed by atoms with E-state index in [1.54, 1.807) is 0 Å². The van der Waals surface area contributed by atoms with Crippen molar-refractivity contribution in [1.29, 1.82) is 0 Å². The smallest absolute Gasteiger partial charge is 0.325 e. The van der Waals surface area contributed by atoms with Gasteiger partial charge in [0.25, 0.3) is 5.91 Å². The highest BCUT2D eigenvalue weighted by Gasteiger charge is 2.37. The summed E-state index contributed by atoms with van der Waals surface area (Å²) >= 11 is 3.36. The van der Waals surface area contributed by atoms with Gasteiger partial charge < -0.3 is 5.32 Å². The van der Waals surface area contributed by atoms with Crippen LogP contribution in [0.1, 0.15) is 25.8 Å². The summed E-state index contributed by atoms with van der Waals surface area (Å²) in [6.45, 7) is 4.40. The fraction of sp³-hybridized carbons (Fsp3) is 0.429. The second-order valence-corrected chi connectivity index (χ2v) is 6.10. The summed E-state index contributed by atoms with van der Waals surface area (Å²) in [5.41, 5.74) is 0.942. The molecule has 102 valence electrons. The van der Waals surface area contributed by atoms with Crippen LogP contribution in [0.4, 0.5) is 4.79 Å². The molecule has 0 saturated carbocycles. The van der Waals surface area contributed by atoms with E-state index >= 15 is 0 Å². The average Bonchev–Trinajstić information content (AvgIpc) is 2.59. The zero-order valence-corrected chi connectivity index (χ0v) is 12.6. The van der Waals surface area contributed by atoms with E-state index in [-0.39, 0.29) is 18.0 Å². The number of carbonyl (C=O) groups is 2.